The van der Waals surface area contributed by atoms with Crippen LogP contribution < -0.4 is 9.75 Å². The van der Waals surface area contributed by atoms with Crippen molar-refractivity contribution in [2.24, 2.45) is 5.10 Å². The van der Waals surface area contributed by atoms with Crippen LogP contribution in [0.2, 0.25) is 0 Å². The highest BCUT2D eigenvalue weighted by molar-refractivity contribution is 5.81. The zero-order valence-electron chi connectivity index (χ0n) is 18.9. The van der Waals surface area contributed by atoms with Gasteiger partial charge < -0.3 is 14.8 Å². The molecule has 0 aliphatic carbocycles. The lowest BCUT2D eigenvalue weighted by Gasteiger charge is -2.19. The zero-order chi connectivity index (χ0) is 22.4. The minimum Gasteiger partial charge on any atom is -0.496 e. The smallest absolute Gasteiger partial charge is 0.156 e. The number of methoxy groups -OCH3 is 1. The van der Waals surface area contributed by atoms with Crippen molar-refractivity contribution in [1.82, 2.24) is 15.0 Å². The Labute approximate surface area is 183 Å². The highest BCUT2D eigenvalue weighted by atomic mass is 16.5. The molecule has 2 N–H and O–H groups in total. The van der Waals surface area contributed by atoms with Crippen molar-refractivity contribution in [3.05, 3.63) is 47.9 Å². The Morgan fingerprint density at radius 1 is 1.26 bits per heavy atom. The number of anilines is 1. The van der Waals surface area contributed by atoms with E-state index in [2.05, 4.69) is 28.1 Å². The Kier molecular flexibility index (Phi) is 7.41. The van der Waals surface area contributed by atoms with Crippen molar-refractivity contribution in [2.45, 2.75) is 53.1 Å². The molecule has 0 saturated heterocycles. The van der Waals surface area contributed by atoms with E-state index in [-0.39, 0.29) is 6.10 Å². The van der Waals surface area contributed by atoms with Crippen molar-refractivity contribution in [3.8, 4) is 17.0 Å². The number of nitrogens with zero attached hydrogens (tertiary/aromatic N) is 4. The summed E-state index contributed by atoms with van der Waals surface area (Å²) in [7, 11) is 1.67. The summed E-state index contributed by atoms with van der Waals surface area (Å²) in [6, 6.07) is 5.99. The zero-order valence-corrected chi connectivity index (χ0v) is 18.9. The summed E-state index contributed by atoms with van der Waals surface area (Å²) in [6.07, 6.45) is 10.6. The number of H-pyrrole nitrogens is 1. The first kappa shape index (κ1) is 22.5. The van der Waals surface area contributed by atoms with E-state index in [1.165, 1.54) is 0 Å². The number of aliphatic hydroxyl groups excluding tert-OH is 1. The van der Waals surface area contributed by atoms with Crippen LogP contribution >= 0.6 is 0 Å². The molecule has 1 unspecified atom stereocenters. The topological polar surface area (TPSA) is 86.6 Å². The van der Waals surface area contributed by atoms with E-state index in [9.17, 15) is 0 Å². The molecule has 0 radical (unpaired) electrons. The summed E-state index contributed by atoms with van der Waals surface area (Å²) in [6.45, 7) is 7.85. The second-order valence-corrected chi connectivity index (χ2v) is 7.61. The number of aromatic amines is 1. The van der Waals surface area contributed by atoms with Gasteiger partial charge in [-0.25, -0.2) is 15.0 Å². The lowest BCUT2D eigenvalue weighted by Crippen LogP contribution is -2.10. The number of aromatic nitrogens is 3. The fraction of sp³-hybridized carbons (Fsp3) is 0.375. The monoisotopic (exact) mass is 421 g/mol. The number of rotatable bonds is 5. The van der Waals surface area contributed by atoms with E-state index >= 15 is 0 Å². The molecule has 1 aromatic carbocycles. The third-order valence-corrected chi connectivity index (χ3v) is 4.97. The fourth-order valence-electron chi connectivity index (χ4n) is 3.38. The Hall–Kier alpha value is -3.19. The van der Waals surface area contributed by atoms with Gasteiger partial charge >= 0.3 is 0 Å². The van der Waals surface area contributed by atoms with E-state index in [0.717, 1.165) is 64.4 Å². The van der Waals surface area contributed by atoms with Crippen molar-refractivity contribution in [2.75, 3.05) is 12.1 Å². The molecule has 31 heavy (non-hydrogen) atoms. The normalized spacial score (nSPS) is 13.8. The number of nitrogens with one attached hydrogen (secondary N) is 1. The maximum atomic E-state index is 8.55. The first-order chi connectivity index (χ1) is 14.9. The molecule has 1 atom stereocenters. The summed E-state index contributed by atoms with van der Waals surface area (Å²) < 4.78 is 5.63. The quantitative estimate of drug-likeness (QED) is 0.597. The number of aliphatic hydroxyl groups is 1. The molecule has 7 nitrogen and oxygen atoms in total. The Bertz CT molecular complexity index is 1070. The average Bonchev–Trinajstić information content (AvgIpc) is 3.13. The van der Waals surface area contributed by atoms with Crippen LogP contribution in [0.25, 0.3) is 22.4 Å². The number of fused-ring (bicyclic) bond motifs is 1. The number of hydrogen-bond acceptors (Lipinski definition) is 6. The van der Waals surface area contributed by atoms with Crippen molar-refractivity contribution in [3.63, 3.8) is 0 Å². The van der Waals surface area contributed by atoms with Crippen molar-refractivity contribution >= 4 is 23.1 Å². The number of allylic oxidation sites excluding steroid dienone is 1. The van der Waals surface area contributed by atoms with Gasteiger partial charge in [-0.2, -0.15) is 5.10 Å². The molecule has 164 valence electrons. The number of hydrogen-bond donors (Lipinski definition) is 2. The number of benzene rings is 1. The number of hydrazone groups is 1. The molecule has 1 aliphatic rings. The van der Waals surface area contributed by atoms with E-state index in [4.69, 9.17) is 14.8 Å². The van der Waals surface area contributed by atoms with Gasteiger partial charge in [0.15, 0.2) is 5.65 Å². The van der Waals surface area contributed by atoms with Crippen LogP contribution in [0, 0.1) is 13.8 Å². The largest absolute Gasteiger partial charge is 0.496 e. The van der Waals surface area contributed by atoms with Crippen LogP contribution in [0.15, 0.2) is 41.8 Å². The third-order valence-electron chi connectivity index (χ3n) is 4.97. The van der Waals surface area contributed by atoms with Crippen LogP contribution in [0.1, 0.15) is 44.4 Å². The van der Waals surface area contributed by atoms with Crippen molar-refractivity contribution < 1.29 is 9.84 Å². The molecule has 0 amide bonds. The molecular weight excluding hydrogens is 390 g/mol. The maximum absolute atomic E-state index is 8.55. The van der Waals surface area contributed by atoms with E-state index in [0.29, 0.717) is 0 Å². The molecule has 2 aromatic heterocycles. The highest BCUT2D eigenvalue weighted by Gasteiger charge is 2.16. The van der Waals surface area contributed by atoms with Gasteiger partial charge in [-0.05, 0) is 44.9 Å². The molecule has 0 saturated carbocycles. The van der Waals surface area contributed by atoms with Gasteiger partial charge in [-0.3, -0.25) is 0 Å². The maximum Gasteiger partial charge on any atom is 0.156 e. The summed E-state index contributed by atoms with van der Waals surface area (Å²) in [5.74, 6) is 0.747. The van der Waals surface area contributed by atoms with E-state index < -0.39 is 0 Å². The van der Waals surface area contributed by atoms with E-state index in [1.54, 1.807) is 7.11 Å². The third kappa shape index (κ3) is 5.30. The minimum absolute atomic E-state index is 0.102. The molecule has 0 bridgehead atoms. The molecule has 4 rings (SSSR count). The fourth-order valence-corrected chi connectivity index (χ4v) is 3.38. The summed E-state index contributed by atoms with van der Waals surface area (Å²) in [5, 5.41) is 14.8. The van der Waals surface area contributed by atoms with Gasteiger partial charge in [-0.1, -0.05) is 19.4 Å². The number of ether oxygens (including phenoxy) is 1. The van der Waals surface area contributed by atoms with Gasteiger partial charge in [0.2, 0.25) is 0 Å². The van der Waals surface area contributed by atoms with Gasteiger partial charge in [-0.15, -0.1) is 0 Å². The van der Waals surface area contributed by atoms with Crippen LogP contribution in [0.4, 0.5) is 5.69 Å². The molecule has 7 heteroatoms. The van der Waals surface area contributed by atoms with Gasteiger partial charge in [0.25, 0.3) is 0 Å². The molecule has 3 heterocycles. The molecule has 0 fully saturated rings. The predicted octanol–water partition coefficient (Wildman–Crippen LogP) is 5.13. The summed E-state index contributed by atoms with van der Waals surface area (Å²) in [4.78, 5) is 12.6. The van der Waals surface area contributed by atoms with Gasteiger partial charge in [0, 0.05) is 36.7 Å². The minimum atomic E-state index is -0.102. The van der Waals surface area contributed by atoms with Gasteiger partial charge in [0.05, 0.1) is 30.3 Å². The first-order valence-electron chi connectivity index (χ1n) is 10.6. The first-order valence-corrected chi connectivity index (χ1v) is 10.6. The molecule has 1 aliphatic heterocycles. The van der Waals surface area contributed by atoms with Crippen LogP contribution in [-0.2, 0) is 0 Å². The predicted molar refractivity (Wildman–Crippen MR) is 127 cm³/mol. The molecule has 0 spiro atoms. The Balaban J connectivity index is 0.000000401. The standard InChI is InChI=1S/C19H19N5O.C5H12O/c1-12-11-20-19-17(12)23-18(13(2)22-19)15-7-6-14(10-16(15)25-3)24-9-5-4-8-21-24;1-3-4-5(2)6/h5-11H,4H2,1-3H3,(H,20,22);5-6H,3-4H2,1-2H3. The lowest BCUT2D eigenvalue weighted by molar-refractivity contribution is 0.183. The molecule has 3 aromatic rings. The van der Waals surface area contributed by atoms with Gasteiger partial charge in [0.1, 0.15) is 11.3 Å². The summed E-state index contributed by atoms with van der Waals surface area (Å²) in [5.41, 5.74) is 6.32. The Morgan fingerprint density at radius 3 is 2.68 bits per heavy atom. The second-order valence-electron chi connectivity index (χ2n) is 7.61. The summed E-state index contributed by atoms with van der Waals surface area (Å²) >= 11 is 0. The Morgan fingerprint density at radius 2 is 2.06 bits per heavy atom. The average molecular weight is 422 g/mol. The SMILES string of the molecule is CCCC(C)O.COc1cc(N2C=CCC=N2)ccc1-c1nc2c(C)c[nH]c2nc1C. The highest BCUT2D eigenvalue weighted by Crippen LogP contribution is 2.35. The number of aryl methyl sites for hydroxylation is 2. The van der Waals surface area contributed by atoms with Crippen LogP contribution in [0.5, 0.6) is 5.75 Å². The van der Waals surface area contributed by atoms with Crippen LogP contribution in [-0.4, -0.2) is 39.5 Å². The van der Waals surface area contributed by atoms with Crippen molar-refractivity contribution in [1.29, 1.82) is 0 Å². The van der Waals surface area contributed by atoms with E-state index in [1.807, 2.05) is 62.6 Å². The lowest BCUT2D eigenvalue weighted by atomic mass is 10.1. The molecular formula is C24H31N5O2. The van der Waals surface area contributed by atoms with Crippen LogP contribution in [0.3, 0.4) is 0 Å². The second kappa shape index (κ2) is 10.2.